The molecule has 2 fully saturated rings. The molecule has 1 atom stereocenters. The second-order valence-corrected chi connectivity index (χ2v) is 8.73. The molecule has 6 heteroatoms. The van der Waals surface area contributed by atoms with E-state index in [4.69, 9.17) is 9.72 Å². The van der Waals surface area contributed by atoms with Crippen LogP contribution in [0.4, 0.5) is 4.79 Å². The van der Waals surface area contributed by atoms with Gasteiger partial charge in [0.2, 0.25) is 0 Å². The summed E-state index contributed by atoms with van der Waals surface area (Å²) in [6.07, 6.45) is 8.00. The van der Waals surface area contributed by atoms with Crippen LogP contribution in [0.2, 0.25) is 0 Å². The normalized spacial score (nSPS) is 22.2. The number of rotatable bonds is 3. The van der Waals surface area contributed by atoms with Gasteiger partial charge >= 0.3 is 6.03 Å². The molecule has 0 unspecified atom stereocenters. The zero-order valence-electron chi connectivity index (χ0n) is 17.5. The molecule has 2 aromatic rings. The van der Waals surface area contributed by atoms with Crippen molar-refractivity contribution in [2.45, 2.75) is 51.1 Å². The lowest BCUT2D eigenvalue weighted by molar-refractivity contribution is 0.0659. The predicted octanol–water partition coefficient (Wildman–Crippen LogP) is 3.76. The fraction of sp³-hybridized carbons (Fsp3) is 0.542. The van der Waals surface area contributed by atoms with E-state index in [1.807, 2.05) is 17.2 Å². The van der Waals surface area contributed by atoms with Gasteiger partial charge in [0.15, 0.2) is 0 Å². The van der Waals surface area contributed by atoms with Crippen molar-refractivity contribution in [3.05, 3.63) is 59.2 Å². The number of carbonyl (C=O) groups excluding carboxylic acids is 1. The second-order valence-electron chi connectivity index (χ2n) is 8.73. The lowest BCUT2D eigenvalue weighted by Crippen LogP contribution is -2.45. The molecule has 0 aliphatic carbocycles. The Hall–Kier alpha value is -2.47. The fourth-order valence-electron chi connectivity index (χ4n) is 5.01. The summed E-state index contributed by atoms with van der Waals surface area (Å²) in [6.45, 7) is 3.86. The summed E-state index contributed by atoms with van der Waals surface area (Å²) >= 11 is 0. The molecule has 3 aliphatic rings. The topological polar surface area (TPSA) is 58.6 Å². The number of likely N-dealkylation sites (tertiary alicyclic amines) is 1. The molecular formula is C24H30N4O2. The van der Waals surface area contributed by atoms with Crippen molar-refractivity contribution in [3.8, 4) is 0 Å². The Morgan fingerprint density at radius 1 is 1.10 bits per heavy atom. The van der Waals surface area contributed by atoms with Crippen molar-refractivity contribution >= 4 is 6.03 Å². The van der Waals surface area contributed by atoms with Gasteiger partial charge in [-0.3, -0.25) is 0 Å². The van der Waals surface area contributed by atoms with Gasteiger partial charge in [-0.2, -0.15) is 0 Å². The van der Waals surface area contributed by atoms with Crippen molar-refractivity contribution in [2.75, 3.05) is 26.3 Å². The molecule has 0 spiro atoms. The van der Waals surface area contributed by atoms with Gasteiger partial charge in [-0.15, -0.1) is 0 Å². The molecule has 4 heterocycles. The average Bonchev–Trinajstić information content (AvgIpc) is 3.29. The van der Waals surface area contributed by atoms with Crippen LogP contribution in [-0.2, 0) is 24.1 Å². The third-order valence-electron chi connectivity index (χ3n) is 6.76. The first-order chi connectivity index (χ1) is 14.8. The zero-order valence-corrected chi connectivity index (χ0v) is 17.5. The van der Waals surface area contributed by atoms with Crippen LogP contribution in [0, 0.1) is 5.92 Å². The molecule has 5 rings (SSSR count). The third-order valence-corrected chi connectivity index (χ3v) is 6.76. The van der Waals surface area contributed by atoms with E-state index >= 15 is 0 Å². The van der Waals surface area contributed by atoms with Crippen LogP contribution in [0.3, 0.4) is 0 Å². The monoisotopic (exact) mass is 406 g/mol. The zero-order chi connectivity index (χ0) is 20.3. The van der Waals surface area contributed by atoms with Gasteiger partial charge in [0.1, 0.15) is 5.82 Å². The molecule has 0 radical (unpaired) electrons. The van der Waals surface area contributed by atoms with Gasteiger partial charge in [0, 0.05) is 38.9 Å². The van der Waals surface area contributed by atoms with E-state index in [1.54, 1.807) is 0 Å². The van der Waals surface area contributed by atoms with Crippen LogP contribution in [0.1, 0.15) is 54.4 Å². The summed E-state index contributed by atoms with van der Waals surface area (Å²) in [6, 6.07) is 10.8. The van der Waals surface area contributed by atoms with E-state index in [0.717, 1.165) is 76.3 Å². The Bertz CT molecular complexity index is 882. The van der Waals surface area contributed by atoms with Crippen molar-refractivity contribution in [1.82, 2.24) is 19.8 Å². The minimum absolute atomic E-state index is 0.150. The molecule has 1 aromatic carbocycles. The number of aromatic nitrogens is 2. The summed E-state index contributed by atoms with van der Waals surface area (Å²) in [5.41, 5.74) is 3.46. The Kier molecular flexibility index (Phi) is 5.67. The Morgan fingerprint density at radius 2 is 1.93 bits per heavy atom. The number of hydrogen-bond donors (Lipinski definition) is 0. The molecule has 0 saturated carbocycles. The number of fused-ring (bicyclic) bond motifs is 1. The van der Waals surface area contributed by atoms with Crippen LogP contribution in [-0.4, -0.2) is 52.1 Å². The summed E-state index contributed by atoms with van der Waals surface area (Å²) in [5.74, 6) is 1.52. The van der Waals surface area contributed by atoms with Gasteiger partial charge in [0.25, 0.3) is 0 Å². The van der Waals surface area contributed by atoms with Gasteiger partial charge in [-0.25, -0.2) is 14.8 Å². The molecule has 1 aromatic heterocycles. The van der Waals surface area contributed by atoms with Crippen molar-refractivity contribution in [1.29, 1.82) is 0 Å². The largest absolute Gasteiger partial charge is 0.381 e. The lowest BCUT2D eigenvalue weighted by Gasteiger charge is -2.34. The highest BCUT2D eigenvalue weighted by Gasteiger charge is 2.34. The van der Waals surface area contributed by atoms with Crippen LogP contribution < -0.4 is 0 Å². The van der Waals surface area contributed by atoms with E-state index in [9.17, 15) is 4.79 Å². The molecule has 0 N–H and O–H groups in total. The molecule has 2 saturated heterocycles. The van der Waals surface area contributed by atoms with Crippen LogP contribution >= 0.6 is 0 Å². The number of benzene rings is 1. The first-order valence-electron chi connectivity index (χ1n) is 11.3. The Labute approximate surface area is 178 Å². The maximum atomic E-state index is 13.4. The van der Waals surface area contributed by atoms with Gasteiger partial charge < -0.3 is 14.5 Å². The van der Waals surface area contributed by atoms with E-state index in [1.165, 1.54) is 11.1 Å². The highest BCUT2D eigenvalue weighted by Crippen LogP contribution is 2.33. The van der Waals surface area contributed by atoms with E-state index < -0.39 is 0 Å². The number of amides is 2. The number of hydrogen-bond acceptors (Lipinski definition) is 4. The fourth-order valence-corrected chi connectivity index (χ4v) is 5.01. The smallest absolute Gasteiger partial charge is 0.320 e. The quantitative estimate of drug-likeness (QED) is 0.779. The lowest BCUT2D eigenvalue weighted by atomic mass is 9.96. The number of ether oxygens (including phenoxy) is 1. The van der Waals surface area contributed by atoms with E-state index in [0.29, 0.717) is 12.5 Å². The minimum Gasteiger partial charge on any atom is -0.381 e. The van der Waals surface area contributed by atoms with E-state index in [2.05, 4.69) is 34.1 Å². The molecule has 158 valence electrons. The molecule has 30 heavy (non-hydrogen) atoms. The number of carbonyl (C=O) groups is 1. The van der Waals surface area contributed by atoms with Gasteiger partial charge in [0.05, 0.1) is 18.3 Å². The molecule has 0 bridgehead atoms. The highest BCUT2D eigenvalue weighted by molar-refractivity contribution is 5.75. The summed E-state index contributed by atoms with van der Waals surface area (Å²) < 4.78 is 5.47. The summed E-state index contributed by atoms with van der Waals surface area (Å²) in [4.78, 5) is 26.9. The van der Waals surface area contributed by atoms with Crippen molar-refractivity contribution < 1.29 is 9.53 Å². The molecular weight excluding hydrogens is 376 g/mol. The molecule has 3 aliphatic heterocycles. The third kappa shape index (κ3) is 4.06. The number of urea groups is 1. The second kappa shape index (κ2) is 8.72. The van der Waals surface area contributed by atoms with Gasteiger partial charge in [-0.05, 0) is 49.1 Å². The van der Waals surface area contributed by atoms with Crippen LogP contribution in [0.25, 0.3) is 0 Å². The Morgan fingerprint density at radius 3 is 2.77 bits per heavy atom. The average molecular weight is 407 g/mol. The summed E-state index contributed by atoms with van der Waals surface area (Å²) in [7, 11) is 0. The van der Waals surface area contributed by atoms with E-state index in [-0.39, 0.29) is 12.1 Å². The maximum Gasteiger partial charge on any atom is 0.320 e. The first kappa shape index (κ1) is 19.5. The first-order valence-corrected chi connectivity index (χ1v) is 11.3. The molecule has 6 nitrogen and oxygen atoms in total. The van der Waals surface area contributed by atoms with Crippen molar-refractivity contribution in [3.63, 3.8) is 0 Å². The van der Waals surface area contributed by atoms with Crippen LogP contribution in [0.5, 0.6) is 0 Å². The highest BCUT2D eigenvalue weighted by atomic mass is 16.5. The summed E-state index contributed by atoms with van der Waals surface area (Å²) in [5, 5.41) is 0. The van der Waals surface area contributed by atoms with Gasteiger partial charge in [-0.1, -0.05) is 30.3 Å². The number of nitrogens with zero attached hydrogens (tertiary/aromatic N) is 4. The van der Waals surface area contributed by atoms with Crippen molar-refractivity contribution in [2.24, 2.45) is 5.92 Å². The predicted molar refractivity (Wildman–Crippen MR) is 114 cm³/mol. The Balaban J connectivity index is 1.28. The maximum absolute atomic E-state index is 13.4. The minimum atomic E-state index is 0.150. The standard InChI is InChI=1S/C24H30N4O2/c29-24(28-11-4-7-22(28)19-5-2-1-3-6-19)27-12-8-20-16-25-23(26-21(20)17-27)15-18-9-13-30-14-10-18/h1-3,5-6,16,18,22H,4,7-15,17H2/t22-/m0/s1. The van der Waals surface area contributed by atoms with Crippen LogP contribution in [0.15, 0.2) is 36.5 Å². The molecule has 2 amide bonds. The SMILES string of the molecule is O=C(N1CCc2cnc(CC3CCOCC3)nc2C1)N1CCC[C@H]1c1ccccc1.